The molecule has 1 aliphatic heterocycles. The second-order valence-corrected chi connectivity index (χ2v) is 5.33. The molecule has 0 saturated carbocycles. The lowest BCUT2D eigenvalue weighted by Gasteiger charge is -2.07. The van der Waals surface area contributed by atoms with Crippen LogP contribution in [0.2, 0.25) is 5.02 Å². The SMILES string of the molecule is C/C(=C/C(=O)c1ccc(Cl)cc1)Nc1ccc2c(c1)OCO2. The molecule has 0 aromatic heterocycles. The molecule has 2 aromatic carbocycles. The van der Waals surface area contributed by atoms with Crippen LogP contribution in [0.25, 0.3) is 0 Å². The van der Waals surface area contributed by atoms with Crippen LogP contribution >= 0.6 is 11.6 Å². The van der Waals surface area contributed by atoms with Gasteiger partial charge in [0.15, 0.2) is 17.3 Å². The summed E-state index contributed by atoms with van der Waals surface area (Å²) in [6.45, 7) is 2.07. The molecule has 22 heavy (non-hydrogen) atoms. The van der Waals surface area contributed by atoms with Gasteiger partial charge in [0.25, 0.3) is 0 Å². The zero-order valence-electron chi connectivity index (χ0n) is 11.9. The number of hydrogen-bond donors (Lipinski definition) is 1. The van der Waals surface area contributed by atoms with Gasteiger partial charge in [-0.25, -0.2) is 0 Å². The second kappa shape index (κ2) is 6.12. The molecule has 5 heteroatoms. The molecule has 1 aliphatic rings. The van der Waals surface area contributed by atoms with Crippen LogP contribution < -0.4 is 14.8 Å². The van der Waals surface area contributed by atoms with Crippen molar-refractivity contribution in [2.24, 2.45) is 0 Å². The smallest absolute Gasteiger partial charge is 0.231 e. The van der Waals surface area contributed by atoms with E-state index in [4.69, 9.17) is 21.1 Å². The highest BCUT2D eigenvalue weighted by Crippen LogP contribution is 2.34. The van der Waals surface area contributed by atoms with E-state index in [0.717, 1.165) is 17.1 Å². The standard InChI is InChI=1S/C17H14ClNO3/c1-11(8-15(20)12-2-4-13(18)5-3-12)19-14-6-7-16-17(9-14)22-10-21-16/h2-9,19H,10H2,1H3/b11-8-. The van der Waals surface area contributed by atoms with Gasteiger partial charge in [0, 0.05) is 34.1 Å². The Morgan fingerprint density at radius 2 is 1.86 bits per heavy atom. The van der Waals surface area contributed by atoms with Crippen molar-refractivity contribution in [1.29, 1.82) is 0 Å². The number of carbonyl (C=O) groups is 1. The van der Waals surface area contributed by atoms with Gasteiger partial charge in [0.1, 0.15) is 0 Å². The molecule has 0 amide bonds. The molecule has 0 fully saturated rings. The normalized spacial score (nSPS) is 13.1. The van der Waals surface area contributed by atoms with E-state index in [0.29, 0.717) is 16.3 Å². The van der Waals surface area contributed by atoms with Gasteiger partial charge in [0.2, 0.25) is 6.79 Å². The number of ether oxygens (including phenoxy) is 2. The lowest BCUT2D eigenvalue weighted by molar-refractivity contribution is 0.104. The second-order valence-electron chi connectivity index (χ2n) is 4.89. The summed E-state index contributed by atoms with van der Waals surface area (Å²) in [6, 6.07) is 12.3. The average Bonchev–Trinajstić information content (AvgIpc) is 2.95. The number of carbonyl (C=O) groups excluding carboxylic acids is 1. The minimum absolute atomic E-state index is 0.0811. The number of benzene rings is 2. The summed E-state index contributed by atoms with van der Waals surface area (Å²) < 4.78 is 10.6. The Morgan fingerprint density at radius 1 is 1.14 bits per heavy atom. The highest BCUT2D eigenvalue weighted by Gasteiger charge is 2.13. The number of ketones is 1. The molecule has 0 spiro atoms. The van der Waals surface area contributed by atoms with Gasteiger partial charge >= 0.3 is 0 Å². The molecule has 0 atom stereocenters. The van der Waals surface area contributed by atoms with E-state index < -0.39 is 0 Å². The molecule has 1 N–H and O–H groups in total. The summed E-state index contributed by atoms with van der Waals surface area (Å²) in [4.78, 5) is 12.1. The first-order valence-corrected chi connectivity index (χ1v) is 7.14. The van der Waals surface area contributed by atoms with Gasteiger partial charge in [-0.05, 0) is 43.3 Å². The van der Waals surface area contributed by atoms with Gasteiger partial charge in [-0.15, -0.1) is 0 Å². The Morgan fingerprint density at radius 3 is 2.64 bits per heavy atom. The molecule has 0 bridgehead atoms. The van der Waals surface area contributed by atoms with Crippen molar-refractivity contribution < 1.29 is 14.3 Å². The first-order valence-electron chi connectivity index (χ1n) is 6.77. The molecule has 0 aliphatic carbocycles. The van der Waals surface area contributed by atoms with Crippen LogP contribution in [0.15, 0.2) is 54.2 Å². The molecule has 112 valence electrons. The zero-order valence-corrected chi connectivity index (χ0v) is 12.7. The maximum absolute atomic E-state index is 12.1. The van der Waals surface area contributed by atoms with E-state index in [1.807, 2.05) is 25.1 Å². The van der Waals surface area contributed by atoms with Crippen LogP contribution in [0.3, 0.4) is 0 Å². The fourth-order valence-electron chi connectivity index (χ4n) is 2.13. The molecule has 0 radical (unpaired) electrons. The molecular formula is C17H14ClNO3. The van der Waals surface area contributed by atoms with Gasteiger partial charge in [-0.3, -0.25) is 4.79 Å². The predicted octanol–water partition coefficient (Wildman–Crippen LogP) is 4.27. The number of fused-ring (bicyclic) bond motifs is 1. The summed E-state index contributed by atoms with van der Waals surface area (Å²) in [7, 11) is 0. The molecular weight excluding hydrogens is 302 g/mol. The number of hydrogen-bond acceptors (Lipinski definition) is 4. The van der Waals surface area contributed by atoms with Crippen molar-refractivity contribution in [2.45, 2.75) is 6.92 Å². The molecule has 3 rings (SSSR count). The Hall–Kier alpha value is -2.46. The van der Waals surface area contributed by atoms with Gasteiger partial charge in [0.05, 0.1) is 0 Å². The van der Waals surface area contributed by atoms with E-state index in [9.17, 15) is 4.79 Å². The average molecular weight is 316 g/mol. The molecule has 0 unspecified atom stereocenters. The number of allylic oxidation sites excluding steroid dienone is 2. The quantitative estimate of drug-likeness (QED) is 0.676. The van der Waals surface area contributed by atoms with Crippen LogP contribution in [0.1, 0.15) is 17.3 Å². The molecule has 1 heterocycles. The van der Waals surface area contributed by atoms with Crippen molar-refractivity contribution in [3.05, 3.63) is 64.8 Å². The summed E-state index contributed by atoms with van der Waals surface area (Å²) in [5, 5.41) is 3.77. The van der Waals surface area contributed by atoms with E-state index in [-0.39, 0.29) is 12.6 Å². The summed E-state index contributed by atoms with van der Waals surface area (Å²) in [5.41, 5.74) is 2.16. The van der Waals surface area contributed by atoms with E-state index in [1.165, 1.54) is 0 Å². The highest BCUT2D eigenvalue weighted by atomic mass is 35.5. The third kappa shape index (κ3) is 3.23. The van der Waals surface area contributed by atoms with Crippen molar-refractivity contribution in [1.82, 2.24) is 0 Å². The van der Waals surface area contributed by atoms with Crippen molar-refractivity contribution >= 4 is 23.1 Å². The van der Waals surface area contributed by atoms with Crippen LogP contribution in [-0.4, -0.2) is 12.6 Å². The Kier molecular flexibility index (Phi) is 4.02. The number of halogens is 1. The fourth-order valence-corrected chi connectivity index (χ4v) is 2.26. The minimum Gasteiger partial charge on any atom is -0.454 e. The number of nitrogens with one attached hydrogen (secondary N) is 1. The van der Waals surface area contributed by atoms with Gasteiger partial charge in [-0.1, -0.05) is 11.6 Å². The van der Waals surface area contributed by atoms with Crippen LogP contribution in [-0.2, 0) is 0 Å². The Labute approximate surface area is 133 Å². The summed E-state index contributed by atoms with van der Waals surface area (Å²) >= 11 is 5.81. The minimum atomic E-state index is -0.0811. The lowest BCUT2D eigenvalue weighted by Crippen LogP contribution is -2.01. The first kappa shape index (κ1) is 14.5. The van der Waals surface area contributed by atoms with Crippen LogP contribution in [0.4, 0.5) is 5.69 Å². The van der Waals surface area contributed by atoms with Crippen molar-refractivity contribution in [3.8, 4) is 11.5 Å². The maximum atomic E-state index is 12.1. The fraction of sp³-hybridized carbons (Fsp3) is 0.118. The third-order valence-corrected chi connectivity index (χ3v) is 3.44. The molecule has 2 aromatic rings. The molecule has 4 nitrogen and oxygen atoms in total. The first-order chi connectivity index (χ1) is 10.6. The summed E-state index contributed by atoms with van der Waals surface area (Å²) in [6.07, 6.45) is 1.55. The molecule has 0 saturated heterocycles. The summed E-state index contributed by atoms with van der Waals surface area (Å²) in [5.74, 6) is 1.34. The van der Waals surface area contributed by atoms with E-state index in [1.54, 1.807) is 30.3 Å². The van der Waals surface area contributed by atoms with Crippen molar-refractivity contribution in [3.63, 3.8) is 0 Å². The number of rotatable bonds is 4. The van der Waals surface area contributed by atoms with E-state index in [2.05, 4.69) is 5.32 Å². The monoisotopic (exact) mass is 315 g/mol. The maximum Gasteiger partial charge on any atom is 0.231 e. The topological polar surface area (TPSA) is 47.6 Å². The largest absolute Gasteiger partial charge is 0.454 e. The number of anilines is 1. The van der Waals surface area contributed by atoms with Gasteiger partial charge < -0.3 is 14.8 Å². The van der Waals surface area contributed by atoms with Gasteiger partial charge in [-0.2, -0.15) is 0 Å². The lowest BCUT2D eigenvalue weighted by atomic mass is 10.1. The van der Waals surface area contributed by atoms with Crippen LogP contribution in [0, 0.1) is 0 Å². The Bertz CT molecular complexity index is 738. The van der Waals surface area contributed by atoms with Crippen LogP contribution in [0.5, 0.6) is 11.5 Å². The zero-order chi connectivity index (χ0) is 15.5. The van der Waals surface area contributed by atoms with E-state index >= 15 is 0 Å². The highest BCUT2D eigenvalue weighted by molar-refractivity contribution is 6.30. The third-order valence-electron chi connectivity index (χ3n) is 3.19. The predicted molar refractivity (Wildman–Crippen MR) is 85.7 cm³/mol. The van der Waals surface area contributed by atoms with Crippen molar-refractivity contribution in [2.75, 3.05) is 12.1 Å². The Balaban J connectivity index is 1.72.